The van der Waals surface area contributed by atoms with Crippen LogP contribution in [0.4, 0.5) is 4.39 Å². The van der Waals surface area contributed by atoms with Crippen LogP contribution in [0.2, 0.25) is 0 Å². The van der Waals surface area contributed by atoms with Crippen LogP contribution < -0.4 is 0 Å². The predicted molar refractivity (Wildman–Crippen MR) is 57.4 cm³/mol. The number of esters is 1. The molecule has 7 heteroatoms. The summed E-state index contributed by atoms with van der Waals surface area (Å²) in [6.07, 6.45) is 1.24. The second-order valence-corrected chi connectivity index (χ2v) is 3.31. The molecule has 0 fully saturated rings. The molecule has 0 saturated carbocycles. The first-order chi connectivity index (χ1) is 8.63. The molecule has 0 aliphatic heterocycles. The fourth-order valence-corrected chi connectivity index (χ4v) is 1.34. The second-order valence-electron chi connectivity index (χ2n) is 3.31. The molecule has 0 bridgehead atoms. The van der Waals surface area contributed by atoms with E-state index in [9.17, 15) is 9.18 Å². The Bertz CT molecular complexity index is 645. The summed E-state index contributed by atoms with van der Waals surface area (Å²) < 4.78 is 18.9. The Kier molecular flexibility index (Phi) is 3.02. The molecule has 0 unspecified atom stereocenters. The number of benzene rings is 1. The van der Waals surface area contributed by atoms with E-state index in [1.54, 1.807) is 0 Å². The number of carbonyl (C=O) groups is 1. The fourth-order valence-electron chi connectivity index (χ4n) is 1.34. The van der Waals surface area contributed by atoms with Gasteiger partial charge in [0.25, 0.3) is 5.82 Å². The molecule has 6 nitrogen and oxygen atoms in total. The maximum Gasteiger partial charge on any atom is 0.377 e. The Labute approximate surface area is 101 Å². The van der Waals surface area contributed by atoms with Crippen molar-refractivity contribution < 1.29 is 13.9 Å². The molecule has 90 valence electrons. The molecule has 18 heavy (non-hydrogen) atoms. The van der Waals surface area contributed by atoms with Gasteiger partial charge in [0.15, 0.2) is 0 Å². The summed E-state index contributed by atoms with van der Waals surface area (Å²) in [5.41, 5.74) is 0.453. The standard InChI is InChI=1S/C11H7FN4O2/c1-18-11(17)10-14-6-16(15-10)9-3-7(5-13)2-8(12)4-9/h2-4,6H,1H3. The first kappa shape index (κ1) is 11.7. The van der Waals surface area contributed by atoms with Gasteiger partial charge in [0, 0.05) is 0 Å². The highest BCUT2D eigenvalue weighted by Crippen LogP contribution is 2.12. The molecule has 0 N–H and O–H groups in total. The zero-order valence-electron chi connectivity index (χ0n) is 9.29. The van der Waals surface area contributed by atoms with Crippen molar-refractivity contribution in [2.45, 2.75) is 0 Å². The summed E-state index contributed by atoms with van der Waals surface area (Å²) in [5, 5.41) is 12.6. The third-order valence-corrected chi connectivity index (χ3v) is 2.14. The number of methoxy groups -OCH3 is 1. The van der Waals surface area contributed by atoms with Crippen LogP contribution in [0.3, 0.4) is 0 Å². The van der Waals surface area contributed by atoms with Gasteiger partial charge < -0.3 is 4.74 Å². The summed E-state index contributed by atoms with van der Waals surface area (Å²) >= 11 is 0. The van der Waals surface area contributed by atoms with Crippen molar-refractivity contribution in [3.63, 3.8) is 0 Å². The van der Waals surface area contributed by atoms with E-state index in [-0.39, 0.29) is 11.4 Å². The van der Waals surface area contributed by atoms with Gasteiger partial charge >= 0.3 is 5.97 Å². The van der Waals surface area contributed by atoms with Crippen LogP contribution in [-0.4, -0.2) is 27.8 Å². The number of nitrogens with zero attached hydrogens (tertiary/aromatic N) is 4. The van der Waals surface area contributed by atoms with Gasteiger partial charge in [0.05, 0.1) is 24.4 Å². The highest BCUT2D eigenvalue weighted by Gasteiger charge is 2.12. The second kappa shape index (κ2) is 4.63. The van der Waals surface area contributed by atoms with E-state index >= 15 is 0 Å². The molecule has 0 saturated heterocycles. The molecular formula is C11H7FN4O2. The summed E-state index contributed by atoms with van der Waals surface area (Å²) in [5.74, 6) is -1.40. The van der Waals surface area contributed by atoms with E-state index < -0.39 is 11.8 Å². The molecule has 1 aromatic carbocycles. The van der Waals surface area contributed by atoms with Crippen molar-refractivity contribution >= 4 is 5.97 Å². The van der Waals surface area contributed by atoms with Crippen molar-refractivity contribution in [1.29, 1.82) is 5.26 Å². The number of halogens is 1. The van der Waals surface area contributed by atoms with E-state index in [0.717, 1.165) is 6.07 Å². The molecule has 1 aromatic heterocycles. The fraction of sp³-hybridized carbons (Fsp3) is 0.0909. The summed E-state index contributed by atoms with van der Waals surface area (Å²) in [4.78, 5) is 14.9. The van der Waals surface area contributed by atoms with Gasteiger partial charge in [-0.3, -0.25) is 0 Å². The topological polar surface area (TPSA) is 80.8 Å². The van der Waals surface area contributed by atoms with Gasteiger partial charge in [-0.25, -0.2) is 18.9 Å². The van der Waals surface area contributed by atoms with Gasteiger partial charge in [-0.05, 0) is 18.2 Å². The lowest BCUT2D eigenvalue weighted by atomic mass is 10.2. The van der Waals surface area contributed by atoms with Crippen LogP contribution in [0, 0.1) is 17.1 Å². The minimum Gasteiger partial charge on any atom is -0.463 e. The first-order valence-electron chi connectivity index (χ1n) is 4.85. The lowest BCUT2D eigenvalue weighted by Gasteiger charge is -2.00. The number of hydrogen-bond donors (Lipinski definition) is 0. The number of hydrogen-bond acceptors (Lipinski definition) is 5. The molecule has 2 rings (SSSR count). The van der Waals surface area contributed by atoms with E-state index in [1.165, 1.54) is 30.3 Å². The molecule has 0 spiro atoms. The van der Waals surface area contributed by atoms with Gasteiger partial charge in [0.2, 0.25) is 0 Å². The average Bonchev–Trinajstić information content (AvgIpc) is 2.86. The minimum absolute atomic E-state index is 0.139. The minimum atomic E-state index is -0.689. The van der Waals surface area contributed by atoms with E-state index in [0.29, 0.717) is 5.69 Å². The van der Waals surface area contributed by atoms with Gasteiger partial charge in [0.1, 0.15) is 12.1 Å². The summed E-state index contributed by atoms with van der Waals surface area (Å²) in [7, 11) is 1.21. The summed E-state index contributed by atoms with van der Waals surface area (Å²) in [6, 6.07) is 5.53. The van der Waals surface area contributed by atoms with E-state index in [2.05, 4.69) is 14.8 Å². The van der Waals surface area contributed by atoms with Gasteiger partial charge in [-0.15, -0.1) is 5.10 Å². The zero-order chi connectivity index (χ0) is 13.1. The van der Waals surface area contributed by atoms with Crippen LogP contribution in [-0.2, 0) is 4.74 Å². The Morgan fingerprint density at radius 2 is 2.28 bits per heavy atom. The van der Waals surface area contributed by atoms with Crippen LogP contribution in [0.15, 0.2) is 24.5 Å². The lowest BCUT2D eigenvalue weighted by Crippen LogP contribution is -2.05. The number of ether oxygens (including phenoxy) is 1. The largest absolute Gasteiger partial charge is 0.463 e. The quantitative estimate of drug-likeness (QED) is 0.740. The molecule has 0 radical (unpaired) electrons. The lowest BCUT2D eigenvalue weighted by molar-refractivity contribution is 0.0587. The van der Waals surface area contributed by atoms with E-state index in [1.807, 2.05) is 6.07 Å². The maximum atomic E-state index is 13.2. The number of rotatable bonds is 2. The zero-order valence-corrected chi connectivity index (χ0v) is 9.29. The molecule has 0 aliphatic carbocycles. The molecule has 1 heterocycles. The molecule has 2 aromatic rings. The molecule has 0 aliphatic rings. The highest BCUT2D eigenvalue weighted by molar-refractivity contribution is 5.84. The Hall–Kier alpha value is -2.75. The number of carbonyl (C=O) groups excluding carboxylic acids is 1. The first-order valence-corrected chi connectivity index (χ1v) is 4.85. The number of aromatic nitrogens is 3. The van der Waals surface area contributed by atoms with Crippen LogP contribution in [0.1, 0.15) is 16.2 Å². The number of nitriles is 1. The smallest absolute Gasteiger partial charge is 0.377 e. The Morgan fingerprint density at radius 3 is 2.94 bits per heavy atom. The third kappa shape index (κ3) is 2.17. The SMILES string of the molecule is COC(=O)c1ncn(-c2cc(F)cc(C#N)c2)n1. The van der Waals surface area contributed by atoms with Crippen molar-refractivity contribution in [2.75, 3.05) is 7.11 Å². The van der Waals surface area contributed by atoms with Crippen LogP contribution in [0.5, 0.6) is 0 Å². The monoisotopic (exact) mass is 246 g/mol. The predicted octanol–water partition coefficient (Wildman–Crippen LogP) is 1.06. The van der Waals surface area contributed by atoms with Crippen LogP contribution in [0.25, 0.3) is 5.69 Å². The van der Waals surface area contributed by atoms with Crippen molar-refractivity contribution in [3.05, 3.63) is 41.7 Å². The van der Waals surface area contributed by atoms with E-state index in [4.69, 9.17) is 5.26 Å². The van der Waals surface area contributed by atoms with Crippen molar-refractivity contribution in [1.82, 2.24) is 14.8 Å². The van der Waals surface area contributed by atoms with Crippen molar-refractivity contribution in [2.24, 2.45) is 0 Å². The van der Waals surface area contributed by atoms with Gasteiger partial charge in [-0.1, -0.05) is 0 Å². The van der Waals surface area contributed by atoms with Gasteiger partial charge in [-0.2, -0.15) is 5.26 Å². The van der Waals surface area contributed by atoms with Crippen molar-refractivity contribution in [3.8, 4) is 11.8 Å². The third-order valence-electron chi connectivity index (χ3n) is 2.14. The highest BCUT2D eigenvalue weighted by atomic mass is 19.1. The molecular weight excluding hydrogens is 239 g/mol. The Morgan fingerprint density at radius 1 is 1.50 bits per heavy atom. The molecule has 0 atom stereocenters. The maximum absolute atomic E-state index is 13.2. The summed E-state index contributed by atoms with van der Waals surface area (Å²) in [6.45, 7) is 0. The average molecular weight is 246 g/mol. The van der Waals surface area contributed by atoms with Crippen LogP contribution >= 0.6 is 0 Å². The molecule has 0 amide bonds. The Balaban J connectivity index is 2.43. The normalized spacial score (nSPS) is 9.83.